The lowest BCUT2D eigenvalue weighted by Gasteiger charge is -2.26. The van der Waals surface area contributed by atoms with Gasteiger partial charge in [-0.15, -0.1) is 12.4 Å². The summed E-state index contributed by atoms with van der Waals surface area (Å²) in [4.78, 5) is 0. The van der Waals surface area contributed by atoms with Gasteiger partial charge in [0.15, 0.2) is 0 Å². The van der Waals surface area contributed by atoms with Crippen LogP contribution in [0.15, 0.2) is 91.0 Å². The quantitative estimate of drug-likeness (QED) is 0.645. The molecule has 0 unspecified atom stereocenters. The molecule has 3 rings (SSSR count). The average molecular weight is 313 g/mol. The Morgan fingerprint density at radius 2 is 0.714 bits per heavy atom. The summed E-state index contributed by atoms with van der Waals surface area (Å²) in [5, 5.41) is 3.95. The molecule has 0 aliphatic heterocycles. The van der Waals surface area contributed by atoms with E-state index in [-0.39, 0.29) is 12.4 Å². The number of hydrogen-bond donors (Lipinski definition) is 0. The van der Waals surface area contributed by atoms with Gasteiger partial charge < -0.3 is 0 Å². The van der Waals surface area contributed by atoms with Gasteiger partial charge in [-0.1, -0.05) is 97.3 Å². The maximum absolute atomic E-state index is 4.69. The zero-order valence-corrected chi connectivity index (χ0v) is 13.4. The molecule has 106 valence electrons. The molecule has 0 saturated heterocycles. The molecule has 0 spiro atoms. The maximum Gasteiger partial charge on any atom is -0.0166 e. The third-order valence-corrected chi connectivity index (χ3v) is 7.13. The molecule has 0 bridgehead atoms. The predicted molar refractivity (Wildman–Crippen MR) is 99.5 cm³/mol. The molecule has 2 heteroatoms. The van der Waals surface area contributed by atoms with E-state index in [9.17, 15) is 0 Å². The second kappa shape index (κ2) is 6.80. The van der Waals surface area contributed by atoms with E-state index < -0.39 is 6.89 Å². The molecule has 0 aliphatic carbocycles. The first-order chi connectivity index (χ1) is 9.82. The smallest absolute Gasteiger partial charge is 0.0166 e. The van der Waals surface area contributed by atoms with Crippen molar-refractivity contribution in [2.24, 2.45) is 0 Å². The van der Waals surface area contributed by atoms with Crippen molar-refractivity contribution in [1.29, 1.82) is 0 Å². The minimum Gasteiger partial charge on any atom is -0.147 e. The van der Waals surface area contributed by atoms with Gasteiger partial charge in [-0.2, -0.15) is 0 Å². The monoisotopic (exact) mass is 312 g/mol. The van der Waals surface area contributed by atoms with E-state index in [2.05, 4.69) is 91.0 Å². The zero-order valence-electron chi connectivity index (χ0n) is 11.7. The summed E-state index contributed by atoms with van der Waals surface area (Å²) < 4.78 is 0. The fourth-order valence-electron chi connectivity index (χ4n) is 2.49. The van der Waals surface area contributed by atoms with Gasteiger partial charge in [-0.3, -0.25) is 0 Å². The van der Waals surface area contributed by atoms with E-state index in [4.69, 9.17) is 6.30 Å². The van der Waals surface area contributed by atoms with Crippen molar-refractivity contribution >= 4 is 41.5 Å². The van der Waals surface area contributed by atoms with Gasteiger partial charge in [0.2, 0.25) is 0 Å². The zero-order chi connectivity index (χ0) is 13.8. The summed E-state index contributed by atoms with van der Waals surface area (Å²) in [6, 6.07) is 31.9. The topological polar surface area (TPSA) is 0 Å². The summed E-state index contributed by atoms with van der Waals surface area (Å²) in [6.07, 6.45) is 4.69. The molecule has 0 atom stereocenters. The van der Waals surface area contributed by atoms with Crippen LogP contribution in [0.2, 0.25) is 0 Å². The Morgan fingerprint density at radius 1 is 0.476 bits per heavy atom. The van der Waals surface area contributed by atoms with Crippen molar-refractivity contribution in [3.63, 3.8) is 0 Å². The first kappa shape index (κ1) is 15.6. The molecule has 0 amide bonds. The van der Waals surface area contributed by atoms with Gasteiger partial charge in [0.25, 0.3) is 0 Å². The van der Waals surface area contributed by atoms with Crippen LogP contribution in [-0.2, 0) is 0 Å². The van der Waals surface area contributed by atoms with E-state index in [1.807, 2.05) is 0 Å². The highest BCUT2D eigenvalue weighted by molar-refractivity contribution is 7.93. The van der Waals surface area contributed by atoms with Crippen LogP contribution < -0.4 is 15.9 Å². The van der Waals surface area contributed by atoms with Crippen LogP contribution >= 0.6 is 19.3 Å². The molecule has 0 radical (unpaired) electrons. The molecule has 0 nitrogen and oxygen atoms in total. The van der Waals surface area contributed by atoms with Crippen LogP contribution in [-0.4, -0.2) is 6.30 Å². The number of benzene rings is 3. The average Bonchev–Trinajstić information content (AvgIpc) is 2.56. The van der Waals surface area contributed by atoms with E-state index in [0.717, 1.165) is 0 Å². The summed E-state index contributed by atoms with van der Waals surface area (Å²) in [7, 11) is 0. The fraction of sp³-hybridized carbons (Fsp3) is 0. The molecule has 0 aromatic heterocycles. The Labute approximate surface area is 132 Å². The van der Waals surface area contributed by atoms with Crippen LogP contribution in [0.3, 0.4) is 0 Å². The summed E-state index contributed by atoms with van der Waals surface area (Å²) >= 11 is 0. The second-order valence-electron chi connectivity index (χ2n) is 4.82. The van der Waals surface area contributed by atoms with E-state index >= 15 is 0 Å². The largest absolute Gasteiger partial charge is 0.147 e. The van der Waals surface area contributed by atoms with Crippen LogP contribution in [0.25, 0.3) is 0 Å². The normalized spacial score (nSPS) is 10.7. The Bertz CT molecular complexity index is 618. The molecule has 0 heterocycles. The molecule has 0 saturated carbocycles. The van der Waals surface area contributed by atoms with Crippen molar-refractivity contribution in [3.05, 3.63) is 91.0 Å². The Morgan fingerprint density at radius 3 is 0.952 bits per heavy atom. The van der Waals surface area contributed by atoms with Crippen molar-refractivity contribution in [2.75, 3.05) is 0 Å². The number of hydrogen-bond acceptors (Lipinski definition) is 0. The Balaban J connectivity index is 0.00000161. The second-order valence-corrected chi connectivity index (χ2v) is 7.99. The van der Waals surface area contributed by atoms with Crippen LogP contribution in [0.4, 0.5) is 0 Å². The highest BCUT2D eigenvalue weighted by Gasteiger charge is 2.21. The van der Waals surface area contributed by atoms with Crippen molar-refractivity contribution in [2.45, 2.75) is 0 Å². The molecule has 0 fully saturated rings. The SMILES string of the molecule is C=P(c1ccccc1)(c1ccccc1)c1ccccc1.Cl. The summed E-state index contributed by atoms with van der Waals surface area (Å²) in [5.74, 6) is 0. The number of rotatable bonds is 3. The molecule has 0 N–H and O–H groups in total. The number of halogens is 1. The third kappa shape index (κ3) is 2.97. The summed E-state index contributed by atoms with van der Waals surface area (Å²) in [5.41, 5.74) is 0. The van der Waals surface area contributed by atoms with Gasteiger partial charge in [0.05, 0.1) is 0 Å². The fourth-order valence-corrected chi connectivity index (χ4v) is 5.43. The molecule has 21 heavy (non-hydrogen) atoms. The van der Waals surface area contributed by atoms with Gasteiger partial charge in [-0.05, 0) is 22.8 Å². The first-order valence-electron chi connectivity index (χ1n) is 6.72. The van der Waals surface area contributed by atoms with E-state index in [0.29, 0.717) is 0 Å². The van der Waals surface area contributed by atoms with Crippen LogP contribution in [0.1, 0.15) is 0 Å². The van der Waals surface area contributed by atoms with Crippen molar-refractivity contribution in [3.8, 4) is 0 Å². The van der Waals surface area contributed by atoms with Gasteiger partial charge in [-0.25, -0.2) is 0 Å². The van der Waals surface area contributed by atoms with Crippen LogP contribution in [0, 0.1) is 0 Å². The Hall–Kier alpha value is -1.75. The predicted octanol–water partition coefficient (Wildman–Crippen LogP) is 3.83. The van der Waals surface area contributed by atoms with Crippen molar-refractivity contribution in [1.82, 2.24) is 0 Å². The van der Waals surface area contributed by atoms with E-state index in [1.54, 1.807) is 0 Å². The highest BCUT2D eigenvalue weighted by Crippen LogP contribution is 2.41. The van der Waals surface area contributed by atoms with Crippen LogP contribution in [0.5, 0.6) is 0 Å². The molecule has 3 aromatic carbocycles. The Kier molecular flexibility index (Phi) is 5.07. The molecule has 0 aliphatic rings. The minimum atomic E-state index is -1.78. The molecular weight excluding hydrogens is 295 g/mol. The lowest BCUT2D eigenvalue weighted by atomic mass is 10.4. The highest BCUT2D eigenvalue weighted by atomic mass is 35.5. The minimum absolute atomic E-state index is 0. The van der Waals surface area contributed by atoms with E-state index in [1.165, 1.54) is 15.9 Å². The third-order valence-electron chi connectivity index (χ3n) is 3.59. The standard InChI is InChI=1S/C19H17P.ClH/c1-20(17-11-5-2-6-12-17,18-13-7-3-8-14-18)19-15-9-4-10-16-19;/h2-16H,1H2;1H. The molecular formula is C19H18ClP. The van der Waals surface area contributed by atoms with Gasteiger partial charge in [0.1, 0.15) is 0 Å². The van der Waals surface area contributed by atoms with Crippen molar-refractivity contribution < 1.29 is 0 Å². The summed E-state index contributed by atoms with van der Waals surface area (Å²) in [6.45, 7) is -1.78. The maximum atomic E-state index is 4.69. The van der Waals surface area contributed by atoms with Gasteiger partial charge >= 0.3 is 0 Å². The van der Waals surface area contributed by atoms with Gasteiger partial charge in [0, 0.05) is 0 Å². The lowest BCUT2D eigenvalue weighted by Crippen LogP contribution is -2.25. The first-order valence-corrected chi connectivity index (χ1v) is 8.69. The lowest BCUT2D eigenvalue weighted by molar-refractivity contribution is 1.73. The molecule has 3 aromatic rings.